The minimum atomic E-state index is -0.471. The Kier molecular flexibility index (Phi) is 6.45. The Bertz CT molecular complexity index is 840. The molecule has 2 aromatic rings. The van der Waals surface area contributed by atoms with Crippen LogP contribution in [-0.2, 0) is 4.79 Å². The largest absolute Gasteiger partial charge is 0.490 e. The zero-order valence-corrected chi connectivity index (χ0v) is 15.5. The number of aromatic nitrogens is 1. The number of carbonyl (C=O) groups is 1. The molecule has 0 unspecified atom stereocenters. The van der Waals surface area contributed by atoms with Crippen molar-refractivity contribution in [2.75, 3.05) is 18.6 Å². The third-order valence-electron chi connectivity index (χ3n) is 3.73. The lowest BCUT2D eigenvalue weighted by Gasteiger charge is -2.12. The maximum atomic E-state index is 12.5. The Labute approximate surface area is 153 Å². The fourth-order valence-corrected chi connectivity index (χ4v) is 2.48. The molecule has 0 aliphatic heterocycles. The molecule has 0 aliphatic rings. The van der Waals surface area contributed by atoms with Crippen molar-refractivity contribution in [1.29, 1.82) is 5.26 Å². The second-order valence-electron chi connectivity index (χ2n) is 5.63. The van der Waals surface area contributed by atoms with Gasteiger partial charge in [-0.1, -0.05) is 6.07 Å². The van der Waals surface area contributed by atoms with Gasteiger partial charge in [0.2, 0.25) is 0 Å². The highest BCUT2D eigenvalue weighted by molar-refractivity contribution is 6.06. The summed E-state index contributed by atoms with van der Waals surface area (Å²) in [4.78, 5) is 12.5. The molecular formula is C20H23N3O3. The highest BCUT2D eigenvalue weighted by atomic mass is 16.5. The number of aryl methyl sites for hydroxylation is 2. The highest BCUT2D eigenvalue weighted by Gasteiger charge is 2.13. The van der Waals surface area contributed by atoms with Crippen molar-refractivity contribution in [2.45, 2.75) is 27.7 Å². The van der Waals surface area contributed by atoms with E-state index in [0.29, 0.717) is 30.3 Å². The van der Waals surface area contributed by atoms with Crippen molar-refractivity contribution >= 4 is 12.0 Å². The van der Waals surface area contributed by atoms with Gasteiger partial charge in [-0.3, -0.25) is 14.9 Å². The van der Waals surface area contributed by atoms with E-state index in [1.54, 1.807) is 22.9 Å². The van der Waals surface area contributed by atoms with Crippen molar-refractivity contribution in [2.24, 2.45) is 0 Å². The van der Waals surface area contributed by atoms with Crippen LogP contribution < -0.4 is 14.9 Å². The van der Waals surface area contributed by atoms with Crippen LogP contribution in [0.5, 0.6) is 11.5 Å². The van der Waals surface area contributed by atoms with Gasteiger partial charge < -0.3 is 9.47 Å². The van der Waals surface area contributed by atoms with Crippen LogP contribution in [0.2, 0.25) is 0 Å². The van der Waals surface area contributed by atoms with Gasteiger partial charge >= 0.3 is 0 Å². The van der Waals surface area contributed by atoms with Crippen molar-refractivity contribution < 1.29 is 14.3 Å². The average molecular weight is 353 g/mol. The van der Waals surface area contributed by atoms with Gasteiger partial charge in [0, 0.05) is 11.4 Å². The van der Waals surface area contributed by atoms with Crippen LogP contribution >= 0.6 is 0 Å². The van der Waals surface area contributed by atoms with Gasteiger partial charge in [-0.15, -0.1) is 0 Å². The van der Waals surface area contributed by atoms with Gasteiger partial charge in [0.15, 0.2) is 11.5 Å². The van der Waals surface area contributed by atoms with Crippen molar-refractivity contribution in [1.82, 2.24) is 4.68 Å². The molecule has 136 valence electrons. The Morgan fingerprint density at radius 3 is 2.31 bits per heavy atom. The summed E-state index contributed by atoms with van der Waals surface area (Å²) < 4.78 is 12.8. The molecule has 1 aromatic heterocycles. The number of nitriles is 1. The molecule has 0 radical (unpaired) electrons. The Balaban J connectivity index is 2.29. The van der Waals surface area contributed by atoms with Gasteiger partial charge in [-0.05, 0) is 63.6 Å². The van der Waals surface area contributed by atoms with E-state index < -0.39 is 5.91 Å². The molecule has 0 fully saturated rings. The maximum absolute atomic E-state index is 12.5. The summed E-state index contributed by atoms with van der Waals surface area (Å²) in [6, 6.07) is 11.1. The molecule has 1 aromatic carbocycles. The minimum Gasteiger partial charge on any atom is -0.490 e. The van der Waals surface area contributed by atoms with E-state index in [2.05, 4.69) is 5.43 Å². The van der Waals surface area contributed by atoms with Crippen LogP contribution in [-0.4, -0.2) is 23.8 Å². The lowest BCUT2D eigenvalue weighted by molar-refractivity contribution is -0.113. The summed E-state index contributed by atoms with van der Waals surface area (Å²) in [6.45, 7) is 8.55. The average Bonchev–Trinajstić information content (AvgIpc) is 2.94. The fraction of sp³-hybridized carbons (Fsp3) is 0.300. The number of benzene rings is 1. The van der Waals surface area contributed by atoms with Gasteiger partial charge in [-0.2, -0.15) is 5.26 Å². The number of amides is 1. The van der Waals surface area contributed by atoms with E-state index in [1.807, 2.05) is 45.9 Å². The van der Waals surface area contributed by atoms with Crippen LogP contribution in [0, 0.1) is 25.2 Å². The normalized spacial score (nSPS) is 11.0. The summed E-state index contributed by atoms with van der Waals surface area (Å²) in [7, 11) is 0. The van der Waals surface area contributed by atoms with Crippen LogP contribution in [0.15, 0.2) is 35.9 Å². The van der Waals surface area contributed by atoms with Gasteiger partial charge in [-0.25, -0.2) is 0 Å². The topological polar surface area (TPSA) is 76.3 Å². The van der Waals surface area contributed by atoms with E-state index in [0.717, 1.165) is 11.4 Å². The number of hydrogen-bond donors (Lipinski definition) is 1. The third-order valence-corrected chi connectivity index (χ3v) is 3.73. The number of ether oxygens (including phenoxy) is 2. The molecule has 0 spiro atoms. The maximum Gasteiger partial charge on any atom is 0.280 e. The lowest BCUT2D eigenvalue weighted by Crippen LogP contribution is -2.25. The third kappa shape index (κ3) is 4.45. The SMILES string of the molecule is CCOc1ccc(/C=C(/C#N)C(=O)Nn2c(C)ccc2C)cc1OCC. The molecule has 2 rings (SSSR count). The van der Waals surface area contributed by atoms with E-state index in [9.17, 15) is 10.1 Å². The summed E-state index contributed by atoms with van der Waals surface area (Å²) in [5.41, 5.74) is 5.19. The summed E-state index contributed by atoms with van der Waals surface area (Å²) in [6.07, 6.45) is 1.53. The van der Waals surface area contributed by atoms with E-state index >= 15 is 0 Å². The first-order valence-corrected chi connectivity index (χ1v) is 8.47. The molecule has 0 saturated carbocycles. The zero-order valence-electron chi connectivity index (χ0n) is 15.5. The van der Waals surface area contributed by atoms with Crippen LogP contribution in [0.1, 0.15) is 30.8 Å². The van der Waals surface area contributed by atoms with Gasteiger partial charge in [0.25, 0.3) is 5.91 Å². The number of carbonyl (C=O) groups excluding carboxylic acids is 1. The number of rotatable bonds is 7. The standard InChI is InChI=1S/C20H23N3O3/c1-5-25-18-10-9-16(12-19(18)26-6-2)11-17(13-21)20(24)22-23-14(3)7-8-15(23)4/h7-12H,5-6H2,1-4H3,(H,22,24)/b17-11-. The molecule has 6 nitrogen and oxygen atoms in total. The molecule has 1 amide bonds. The predicted molar refractivity (Wildman–Crippen MR) is 101 cm³/mol. The minimum absolute atomic E-state index is 0.00380. The van der Waals surface area contributed by atoms with Gasteiger partial charge in [0.1, 0.15) is 11.6 Å². The van der Waals surface area contributed by atoms with E-state index in [1.165, 1.54) is 6.08 Å². The molecule has 26 heavy (non-hydrogen) atoms. The Hall–Kier alpha value is -3.20. The van der Waals surface area contributed by atoms with Crippen LogP contribution in [0.3, 0.4) is 0 Å². The van der Waals surface area contributed by atoms with E-state index in [-0.39, 0.29) is 5.57 Å². The second-order valence-corrected chi connectivity index (χ2v) is 5.63. The molecule has 1 N–H and O–H groups in total. The first-order chi connectivity index (χ1) is 12.5. The Morgan fingerprint density at radius 1 is 1.12 bits per heavy atom. The molecule has 1 heterocycles. The number of nitrogens with one attached hydrogen (secondary N) is 1. The van der Waals surface area contributed by atoms with Crippen molar-refractivity contribution in [3.8, 4) is 17.6 Å². The molecule has 0 atom stereocenters. The first kappa shape index (κ1) is 19.1. The van der Waals surface area contributed by atoms with Gasteiger partial charge in [0.05, 0.1) is 13.2 Å². The number of nitrogens with zero attached hydrogens (tertiary/aromatic N) is 2. The molecule has 6 heteroatoms. The van der Waals surface area contributed by atoms with E-state index in [4.69, 9.17) is 9.47 Å². The highest BCUT2D eigenvalue weighted by Crippen LogP contribution is 2.29. The summed E-state index contributed by atoms with van der Waals surface area (Å²) in [5, 5.41) is 9.39. The molecule has 0 saturated heterocycles. The zero-order chi connectivity index (χ0) is 19.1. The van der Waals surface area contributed by atoms with Crippen molar-refractivity contribution in [3.05, 3.63) is 52.9 Å². The monoisotopic (exact) mass is 353 g/mol. The van der Waals surface area contributed by atoms with Crippen LogP contribution in [0.25, 0.3) is 6.08 Å². The van der Waals surface area contributed by atoms with Crippen molar-refractivity contribution in [3.63, 3.8) is 0 Å². The smallest absolute Gasteiger partial charge is 0.280 e. The molecule has 0 aliphatic carbocycles. The summed E-state index contributed by atoms with van der Waals surface area (Å²) >= 11 is 0. The number of hydrogen-bond acceptors (Lipinski definition) is 4. The molecular weight excluding hydrogens is 330 g/mol. The predicted octanol–water partition coefficient (Wildman–Crippen LogP) is 3.58. The second kappa shape index (κ2) is 8.77. The molecule has 0 bridgehead atoms. The quantitative estimate of drug-likeness (QED) is 0.610. The Morgan fingerprint density at radius 2 is 1.73 bits per heavy atom. The van der Waals surface area contributed by atoms with Crippen LogP contribution in [0.4, 0.5) is 0 Å². The fourth-order valence-electron chi connectivity index (χ4n) is 2.48. The summed E-state index contributed by atoms with van der Waals surface area (Å²) in [5.74, 6) is 0.743. The lowest BCUT2D eigenvalue weighted by atomic mass is 10.1. The first-order valence-electron chi connectivity index (χ1n) is 8.47.